The third-order valence-electron chi connectivity index (χ3n) is 5.91. The lowest BCUT2D eigenvalue weighted by atomic mass is 9.91. The number of hydrogen-bond acceptors (Lipinski definition) is 5. The lowest BCUT2D eigenvalue weighted by Crippen LogP contribution is -2.28. The monoisotopic (exact) mass is 409 g/mol. The molecule has 7 nitrogen and oxygen atoms in total. The molecule has 0 unspecified atom stereocenters. The van der Waals surface area contributed by atoms with Crippen LogP contribution in [0.25, 0.3) is 22.1 Å². The Morgan fingerprint density at radius 3 is 2.52 bits per heavy atom. The molecule has 8 heteroatoms. The number of nitrogens with two attached hydrogens (primary N) is 1. The first-order valence-corrected chi connectivity index (χ1v) is 11.3. The van der Waals surface area contributed by atoms with Gasteiger partial charge in [-0.25, -0.2) is 22.4 Å². The molecule has 3 aromatic heterocycles. The fourth-order valence-corrected chi connectivity index (χ4v) is 5.79. The quantitative estimate of drug-likeness (QED) is 0.560. The molecular weight excluding hydrogens is 386 g/mol. The molecule has 0 radical (unpaired) electrons. The minimum atomic E-state index is -3.72. The first kappa shape index (κ1) is 18.3. The molecule has 5 rings (SSSR count). The van der Waals surface area contributed by atoms with Gasteiger partial charge in [0.1, 0.15) is 11.3 Å². The lowest BCUT2D eigenvalue weighted by Gasteiger charge is -2.28. The van der Waals surface area contributed by atoms with Gasteiger partial charge in [-0.15, -0.1) is 0 Å². The molecule has 4 aromatic rings. The summed E-state index contributed by atoms with van der Waals surface area (Å²) in [5.74, 6) is 0.924. The van der Waals surface area contributed by atoms with E-state index in [-0.39, 0.29) is 10.9 Å². The summed E-state index contributed by atoms with van der Waals surface area (Å²) in [6.45, 7) is 2.00. The number of imidazole rings is 1. The van der Waals surface area contributed by atoms with Crippen molar-refractivity contribution in [3.8, 4) is 0 Å². The van der Waals surface area contributed by atoms with Crippen LogP contribution < -0.4 is 5.73 Å². The van der Waals surface area contributed by atoms with Crippen molar-refractivity contribution in [1.82, 2.24) is 18.5 Å². The predicted molar refractivity (Wildman–Crippen MR) is 112 cm³/mol. The van der Waals surface area contributed by atoms with Crippen LogP contribution in [0.4, 0.5) is 0 Å². The minimum absolute atomic E-state index is 0.241. The molecule has 1 saturated carbocycles. The van der Waals surface area contributed by atoms with Crippen LogP contribution in [0.5, 0.6) is 0 Å². The van der Waals surface area contributed by atoms with Crippen molar-refractivity contribution in [2.24, 2.45) is 5.73 Å². The highest BCUT2D eigenvalue weighted by Gasteiger charge is 2.26. The summed E-state index contributed by atoms with van der Waals surface area (Å²) >= 11 is 0. The van der Waals surface area contributed by atoms with E-state index in [0.717, 1.165) is 47.9 Å². The first-order chi connectivity index (χ1) is 14.0. The van der Waals surface area contributed by atoms with E-state index in [0.29, 0.717) is 11.7 Å². The van der Waals surface area contributed by atoms with Gasteiger partial charge in [0.15, 0.2) is 5.65 Å². The van der Waals surface area contributed by atoms with E-state index in [4.69, 9.17) is 10.7 Å². The van der Waals surface area contributed by atoms with E-state index >= 15 is 0 Å². The van der Waals surface area contributed by atoms with Crippen LogP contribution in [0.15, 0.2) is 53.7 Å². The highest BCUT2D eigenvalue weighted by atomic mass is 32.2. The van der Waals surface area contributed by atoms with Gasteiger partial charge in [0.2, 0.25) is 0 Å². The molecule has 29 heavy (non-hydrogen) atoms. The Hall–Kier alpha value is -2.71. The van der Waals surface area contributed by atoms with Crippen molar-refractivity contribution in [2.45, 2.75) is 49.6 Å². The third-order valence-corrected chi connectivity index (χ3v) is 7.59. The number of pyridine rings is 1. The lowest BCUT2D eigenvalue weighted by molar-refractivity contribution is 0.325. The molecule has 0 amide bonds. The molecule has 0 aliphatic heterocycles. The molecule has 1 fully saturated rings. The Morgan fingerprint density at radius 1 is 1.07 bits per heavy atom. The minimum Gasteiger partial charge on any atom is -0.328 e. The molecule has 2 N–H and O–H groups in total. The summed E-state index contributed by atoms with van der Waals surface area (Å²) in [5, 5.41) is 0.803. The molecule has 0 atom stereocenters. The van der Waals surface area contributed by atoms with Crippen LogP contribution in [-0.4, -0.2) is 33.0 Å². The maximum Gasteiger partial charge on any atom is 0.269 e. The number of nitrogens with zero attached hydrogens (tertiary/aromatic N) is 4. The highest BCUT2D eigenvalue weighted by molar-refractivity contribution is 7.90. The number of aryl methyl sites for hydroxylation is 1. The van der Waals surface area contributed by atoms with Gasteiger partial charge in [0, 0.05) is 23.7 Å². The highest BCUT2D eigenvalue weighted by Crippen LogP contribution is 2.35. The third kappa shape index (κ3) is 2.86. The maximum absolute atomic E-state index is 13.2. The molecule has 0 spiro atoms. The molecule has 1 aliphatic rings. The van der Waals surface area contributed by atoms with Crippen molar-refractivity contribution in [2.75, 3.05) is 0 Å². The average Bonchev–Trinajstić information content (AvgIpc) is 3.30. The molecule has 3 heterocycles. The van der Waals surface area contributed by atoms with Gasteiger partial charge in [-0.1, -0.05) is 18.2 Å². The predicted octanol–water partition coefficient (Wildman–Crippen LogP) is 3.37. The Kier molecular flexibility index (Phi) is 4.22. The normalized spacial score (nSPS) is 20.5. The number of fused-ring (bicyclic) bond motifs is 3. The summed E-state index contributed by atoms with van der Waals surface area (Å²) in [5.41, 5.74) is 8.26. The van der Waals surface area contributed by atoms with Crippen molar-refractivity contribution in [3.05, 3.63) is 54.6 Å². The number of aromatic nitrogens is 4. The van der Waals surface area contributed by atoms with E-state index in [2.05, 4.69) is 9.55 Å². The van der Waals surface area contributed by atoms with Gasteiger partial charge in [-0.2, -0.15) is 0 Å². The zero-order valence-corrected chi connectivity index (χ0v) is 17.0. The zero-order chi connectivity index (χ0) is 20.2. The van der Waals surface area contributed by atoms with Gasteiger partial charge < -0.3 is 10.3 Å². The van der Waals surface area contributed by atoms with E-state index in [9.17, 15) is 8.42 Å². The van der Waals surface area contributed by atoms with Crippen molar-refractivity contribution in [3.63, 3.8) is 0 Å². The van der Waals surface area contributed by atoms with Crippen LogP contribution in [0.2, 0.25) is 0 Å². The standard InChI is InChI=1S/C21H23N5O2S/c1-14-24-19-13-23-21-18(20(19)26(14)16-9-7-15(22)8-10-16)11-12-25(21)29(27,28)17-5-3-2-4-6-17/h2-6,11-13,15-16H,7-10,22H2,1H3. The van der Waals surface area contributed by atoms with Gasteiger partial charge in [0.25, 0.3) is 10.0 Å². The number of rotatable bonds is 3. The Bertz CT molecular complexity index is 1300. The second-order valence-corrected chi connectivity index (χ2v) is 9.57. The maximum atomic E-state index is 13.2. The van der Waals surface area contributed by atoms with E-state index in [1.807, 2.05) is 13.0 Å². The smallest absolute Gasteiger partial charge is 0.269 e. The van der Waals surface area contributed by atoms with Crippen LogP contribution in [0, 0.1) is 6.92 Å². The van der Waals surface area contributed by atoms with Gasteiger partial charge in [-0.05, 0) is 50.8 Å². The topological polar surface area (TPSA) is 95.8 Å². The Labute approximate surface area is 169 Å². The fraction of sp³-hybridized carbons (Fsp3) is 0.333. The fourth-order valence-electron chi connectivity index (χ4n) is 4.47. The molecule has 1 aromatic carbocycles. The summed E-state index contributed by atoms with van der Waals surface area (Å²) < 4.78 is 29.8. The average molecular weight is 410 g/mol. The van der Waals surface area contributed by atoms with E-state index < -0.39 is 10.0 Å². The van der Waals surface area contributed by atoms with Gasteiger partial charge in [0.05, 0.1) is 16.6 Å². The van der Waals surface area contributed by atoms with E-state index in [1.165, 1.54) is 3.97 Å². The molecule has 0 bridgehead atoms. The second-order valence-electron chi connectivity index (χ2n) is 7.76. The molecular formula is C21H23N5O2S. The van der Waals surface area contributed by atoms with Crippen molar-refractivity contribution < 1.29 is 8.42 Å². The summed E-state index contributed by atoms with van der Waals surface area (Å²) in [6, 6.07) is 10.8. The number of hydrogen-bond donors (Lipinski definition) is 1. The Morgan fingerprint density at radius 2 is 1.79 bits per heavy atom. The SMILES string of the molecule is Cc1nc2cnc3c(ccn3S(=O)(=O)c3ccccc3)c2n1C1CCC(N)CC1. The van der Waals surface area contributed by atoms with Crippen molar-refractivity contribution >= 4 is 32.1 Å². The largest absolute Gasteiger partial charge is 0.328 e. The molecule has 150 valence electrons. The summed E-state index contributed by atoms with van der Waals surface area (Å²) in [7, 11) is -3.72. The zero-order valence-electron chi connectivity index (χ0n) is 16.2. The Balaban J connectivity index is 1.71. The van der Waals surface area contributed by atoms with Crippen molar-refractivity contribution in [1.29, 1.82) is 0 Å². The summed E-state index contributed by atoms with van der Waals surface area (Å²) in [4.78, 5) is 9.40. The number of benzene rings is 1. The van der Waals surface area contributed by atoms with Crippen LogP contribution >= 0.6 is 0 Å². The van der Waals surface area contributed by atoms with Gasteiger partial charge >= 0.3 is 0 Å². The first-order valence-electron chi connectivity index (χ1n) is 9.87. The second kappa shape index (κ2) is 6.67. The van der Waals surface area contributed by atoms with Gasteiger partial charge in [-0.3, -0.25) is 0 Å². The van der Waals surface area contributed by atoms with E-state index in [1.54, 1.807) is 42.7 Å². The van der Waals surface area contributed by atoms with Crippen LogP contribution in [-0.2, 0) is 10.0 Å². The molecule has 0 saturated heterocycles. The van der Waals surface area contributed by atoms with Crippen LogP contribution in [0.1, 0.15) is 37.5 Å². The van der Waals surface area contributed by atoms with Crippen LogP contribution in [0.3, 0.4) is 0 Å². The molecule has 1 aliphatic carbocycles. The summed E-state index contributed by atoms with van der Waals surface area (Å²) in [6.07, 6.45) is 7.24.